The number of aromatic carboxylic acids is 1. The molecule has 0 radical (unpaired) electrons. The Balaban J connectivity index is 2.07. The third-order valence-corrected chi connectivity index (χ3v) is 3.29. The second-order valence-electron chi connectivity index (χ2n) is 4.51. The molecule has 1 aliphatic heterocycles. The highest BCUT2D eigenvalue weighted by atomic mass is 16.4. The highest BCUT2D eigenvalue weighted by molar-refractivity contribution is 5.87. The third-order valence-electron chi connectivity index (χ3n) is 3.29. The fourth-order valence-corrected chi connectivity index (χ4v) is 2.18. The molecule has 1 aliphatic rings. The van der Waals surface area contributed by atoms with Gasteiger partial charge in [-0.1, -0.05) is 12.1 Å². The summed E-state index contributed by atoms with van der Waals surface area (Å²) in [6, 6.07) is 7.86. The average molecular weight is 219 g/mol. The Kier molecular flexibility index (Phi) is 3.25. The van der Waals surface area contributed by atoms with Crippen LogP contribution in [-0.4, -0.2) is 23.7 Å². The van der Waals surface area contributed by atoms with Gasteiger partial charge in [0.15, 0.2) is 0 Å². The summed E-state index contributed by atoms with van der Waals surface area (Å²) in [5.74, 6) is -0.332. The van der Waals surface area contributed by atoms with Crippen molar-refractivity contribution in [2.45, 2.75) is 31.7 Å². The van der Waals surface area contributed by atoms with Crippen molar-refractivity contribution in [1.82, 2.24) is 5.32 Å². The summed E-state index contributed by atoms with van der Waals surface area (Å²) in [7, 11) is 0. The van der Waals surface area contributed by atoms with Crippen molar-refractivity contribution in [1.29, 1.82) is 0 Å². The molecule has 2 unspecified atom stereocenters. The largest absolute Gasteiger partial charge is 0.478 e. The lowest BCUT2D eigenvalue weighted by atomic mass is 9.89. The predicted molar refractivity (Wildman–Crippen MR) is 62.8 cm³/mol. The fraction of sp³-hybridized carbons (Fsp3) is 0.462. The molecule has 0 amide bonds. The van der Waals surface area contributed by atoms with E-state index >= 15 is 0 Å². The minimum absolute atomic E-state index is 0.362. The van der Waals surface area contributed by atoms with Gasteiger partial charge in [-0.2, -0.15) is 0 Å². The minimum atomic E-state index is -0.859. The topological polar surface area (TPSA) is 49.3 Å². The van der Waals surface area contributed by atoms with Crippen LogP contribution in [0.15, 0.2) is 24.3 Å². The van der Waals surface area contributed by atoms with E-state index in [0.717, 1.165) is 6.54 Å². The highest BCUT2D eigenvalue weighted by Crippen LogP contribution is 2.25. The molecule has 1 aromatic rings. The van der Waals surface area contributed by atoms with Gasteiger partial charge in [0.05, 0.1) is 5.56 Å². The van der Waals surface area contributed by atoms with Crippen LogP contribution in [0.2, 0.25) is 0 Å². The molecule has 3 heteroatoms. The van der Waals surface area contributed by atoms with Crippen LogP contribution < -0.4 is 5.32 Å². The standard InChI is InChI=1S/C13H17NO2/c1-9-2-3-12(8-14-9)10-4-6-11(7-5-10)13(15)16/h4-7,9,12,14H,2-3,8H2,1H3,(H,15,16). The smallest absolute Gasteiger partial charge is 0.335 e. The van der Waals surface area contributed by atoms with E-state index < -0.39 is 5.97 Å². The molecule has 2 rings (SSSR count). The summed E-state index contributed by atoms with van der Waals surface area (Å²) in [6.45, 7) is 3.19. The number of carbonyl (C=O) groups is 1. The van der Waals surface area contributed by atoms with E-state index in [4.69, 9.17) is 5.11 Å². The lowest BCUT2D eigenvalue weighted by Crippen LogP contribution is -2.35. The zero-order chi connectivity index (χ0) is 11.5. The van der Waals surface area contributed by atoms with Crippen LogP contribution in [0.1, 0.15) is 41.6 Å². The normalized spacial score (nSPS) is 25.3. The van der Waals surface area contributed by atoms with Crippen LogP contribution in [0.4, 0.5) is 0 Å². The number of rotatable bonds is 2. The molecule has 1 saturated heterocycles. The highest BCUT2D eigenvalue weighted by Gasteiger charge is 2.18. The molecular formula is C13H17NO2. The molecule has 0 spiro atoms. The Morgan fingerprint density at radius 3 is 2.50 bits per heavy atom. The molecule has 1 fully saturated rings. The van der Waals surface area contributed by atoms with Crippen LogP contribution >= 0.6 is 0 Å². The van der Waals surface area contributed by atoms with Gasteiger partial charge < -0.3 is 10.4 Å². The van der Waals surface area contributed by atoms with E-state index in [-0.39, 0.29) is 0 Å². The number of carboxylic acid groups (broad SMARTS) is 1. The molecule has 1 heterocycles. The average Bonchev–Trinajstić information content (AvgIpc) is 2.30. The van der Waals surface area contributed by atoms with Crippen LogP contribution in [0.3, 0.4) is 0 Å². The van der Waals surface area contributed by atoms with Crippen LogP contribution in [-0.2, 0) is 0 Å². The Hall–Kier alpha value is -1.35. The second-order valence-corrected chi connectivity index (χ2v) is 4.51. The van der Waals surface area contributed by atoms with E-state index in [0.29, 0.717) is 17.5 Å². The summed E-state index contributed by atoms with van der Waals surface area (Å²) in [4.78, 5) is 10.7. The first-order valence-corrected chi connectivity index (χ1v) is 5.73. The molecule has 0 saturated carbocycles. The van der Waals surface area contributed by atoms with Gasteiger partial charge in [0.1, 0.15) is 0 Å². The van der Waals surface area contributed by atoms with Crippen molar-refractivity contribution in [2.24, 2.45) is 0 Å². The molecule has 0 bridgehead atoms. The van der Waals surface area contributed by atoms with Crippen molar-refractivity contribution in [3.05, 3.63) is 35.4 Å². The number of hydrogen-bond acceptors (Lipinski definition) is 2. The summed E-state index contributed by atoms with van der Waals surface area (Å²) in [6.07, 6.45) is 2.37. The molecule has 2 atom stereocenters. The Morgan fingerprint density at radius 2 is 2.00 bits per heavy atom. The fourth-order valence-electron chi connectivity index (χ4n) is 2.18. The van der Waals surface area contributed by atoms with Gasteiger partial charge in [-0.25, -0.2) is 4.79 Å². The van der Waals surface area contributed by atoms with Crippen molar-refractivity contribution >= 4 is 5.97 Å². The lowest BCUT2D eigenvalue weighted by Gasteiger charge is -2.27. The maximum atomic E-state index is 10.7. The van der Waals surface area contributed by atoms with Gasteiger partial charge in [0.25, 0.3) is 0 Å². The van der Waals surface area contributed by atoms with Gasteiger partial charge >= 0.3 is 5.97 Å². The van der Waals surface area contributed by atoms with Crippen molar-refractivity contribution < 1.29 is 9.90 Å². The van der Waals surface area contributed by atoms with Crippen LogP contribution in [0.25, 0.3) is 0 Å². The number of hydrogen-bond donors (Lipinski definition) is 2. The Bertz CT molecular complexity index is 364. The van der Waals surface area contributed by atoms with Gasteiger partial charge in [-0.15, -0.1) is 0 Å². The maximum Gasteiger partial charge on any atom is 0.335 e. The minimum Gasteiger partial charge on any atom is -0.478 e. The summed E-state index contributed by atoms with van der Waals surface area (Å²) >= 11 is 0. The second kappa shape index (κ2) is 4.66. The van der Waals surface area contributed by atoms with Crippen molar-refractivity contribution in [3.8, 4) is 0 Å². The van der Waals surface area contributed by atoms with Gasteiger partial charge in [0, 0.05) is 12.6 Å². The quantitative estimate of drug-likeness (QED) is 0.802. The molecule has 3 nitrogen and oxygen atoms in total. The number of carboxylic acids is 1. The van der Waals surface area contributed by atoms with Gasteiger partial charge in [-0.05, 0) is 43.4 Å². The molecule has 0 aliphatic carbocycles. The van der Waals surface area contributed by atoms with E-state index in [2.05, 4.69) is 12.2 Å². The van der Waals surface area contributed by atoms with Crippen molar-refractivity contribution in [2.75, 3.05) is 6.54 Å². The molecule has 0 aromatic heterocycles. The Labute approximate surface area is 95.5 Å². The summed E-state index contributed by atoms with van der Waals surface area (Å²) in [5, 5.41) is 12.3. The molecule has 2 N–H and O–H groups in total. The zero-order valence-electron chi connectivity index (χ0n) is 9.44. The van der Waals surface area contributed by atoms with Gasteiger partial charge in [0.2, 0.25) is 0 Å². The van der Waals surface area contributed by atoms with E-state index in [9.17, 15) is 4.79 Å². The first-order chi connectivity index (χ1) is 7.66. The Morgan fingerprint density at radius 1 is 1.31 bits per heavy atom. The number of nitrogens with one attached hydrogen (secondary N) is 1. The number of benzene rings is 1. The SMILES string of the molecule is CC1CCC(c2ccc(C(=O)O)cc2)CN1. The van der Waals surface area contributed by atoms with E-state index in [1.807, 2.05) is 12.1 Å². The molecule has 86 valence electrons. The molecular weight excluding hydrogens is 202 g/mol. The van der Waals surface area contributed by atoms with Crippen LogP contribution in [0, 0.1) is 0 Å². The number of piperidine rings is 1. The maximum absolute atomic E-state index is 10.7. The summed E-state index contributed by atoms with van der Waals surface area (Å²) < 4.78 is 0. The first kappa shape index (κ1) is 11.1. The predicted octanol–water partition coefficient (Wildman–Crippen LogP) is 2.24. The third kappa shape index (κ3) is 2.42. The monoisotopic (exact) mass is 219 g/mol. The first-order valence-electron chi connectivity index (χ1n) is 5.73. The molecule has 16 heavy (non-hydrogen) atoms. The zero-order valence-corrected chi connectivity index (χ0v) is 9.44. The lowest BCUT2D eigenvalue weighted by molar-refractivity contribution is 0.0697. The van der Waals surface area contributed by atoms with Crippen molar-refractivity contribution in [3.63, 3.8) is 0 Å². The van der Waals surface area contributed by atoms with Gasteiger partial charge in [-0.3, -0.25) is 0 Å². The van der Waals surface area contributed by atoms with E-state index in [1.54, 1.807) is 12.1 Å². The van der Waals surface area contributed by atoms with Crippen LogP contribution in [0.5, 0.6) is 0 Å². The summed E-state index contributed by atoms with van der Waals surface area (Å²) in [5.41, 5.74) is 1.60. The molecule has 1 aromatic carbocycles. The van der Waals surface area contributed by atoms with E-state index in [1.165, 1.54) is 18.4 Å².